The van der Waals surface area contributed by atoms with Gasteiger partial charge in [0.05, 0.1) is 30.8 Å². The monoisotopic (exact) mass is 677 g/mol. The zero-order valence-corrected chi connectivity index (χ0v) is 27.8. The number of hydrogen-bond acceptors (Lipinski definition) is 10. The molecular weight excluding hydrogens is 640 g/mol. The molecule has 4 unspecified atom stereocenters. The molecule has 2 N–H and O–H groups in total. The van der Waals surface area contributed by atoms with Gasteiger partial charge in [-0.05, 0) is 74.6 Å². The summed E-state index contributed by atoms with van der Waals surface area (Å²) in [5.74, 6) is 1.83. The number of terminal acetylenes is 1. The number of nitriles is 1. The van der Waals surface area contributed by atoms with Gasteiger partial charge in [-0.1, -0.05) is 12.0 Å². The number of nitrogens with one attached hydrogen (secondary N) is 1. The van der Waals surface area contributed by atoms with Crippen LogP contribution in [0.4, 0.5) is 14.6 Å². The second-order valence-corrected chi connectivity index (χ2v) is 15.0. The maximum atomic E-state index is 17.1. The SMILES string of the molecule is C#Cc1c(F)ccc2cc(O)cc(-c3nc(OC)c4c(N5CC6CCC(C5)N6)nc(OCC5(CN6CCC7(C#N)CC7C6)CC5)nc4c3F)c12. The smallest absolute Gasteiger partial charge is 0.319 e. The summed E-state index contributed by atoms with van der Waals surface area (Å²) in [4.78, 5) is 18.8. The quantitative estimate of drug-likeness (QED) is 0.242. The van der Waals surface area contributed by atoms with Gasteiger partial charge in [0.25, 0.3) is 0 Å². The van der Waals surface area contributed by atoms with E-state index in [0.717, 1.165) is 58.2 Å². The lowest BCUT2D eigenvalue weighted by atomic mass is 9.95. The van der Waals surface area contributed by atoms with Gasteiger partial charge in [0.1, 0.15) is 34.0 Å². The van der Waals surface area contributed by atoms with Crippen molar-refractivity contribution in [3.8, 4) is 47.3 Å². The van der Waals surface area contributed by atoms with E-state index in [1.807, 2.05) is 0 Å². The summed E-state index contributed by atoms with van der Waals surface area (Å²) in [7, 11) is 1.45. The first-order valence-electron chi connectivity index (χ1n) is 17.4. The van der Waals surface area contributed by atoms with Crippen molar-refractivity contribution in [1.29, 1.82) is 5.26 Å². The van der Waals surface area contributed by atoms with Crippen molar-refractivity contribution < 1.29 is 23.4 Å². The van der Waals surface area contributed by atoms with E-state index in [0.29, 0.717) is 42.2 Å². The van der Waals surface area contributed by atoms with Crippen molar-refractivity contribution in [2.75, 3.05) is 51.3 Å². The molecule has 3 aliphatic heterocycles. The normalized spacial score (nSPS) is 26.3. The van der Waals surface area contributed by atoms with Gasteiger partial charge in [0.15, 0.2) is 5.82 Å². The third kappa shape index (κ3) is 5.07. The summed E-state index contributed by atoms with van der Waals surface area (Å²) in [5, 5.41) is 24.9. The Morgan fingerprint density at radius 2 is 1.88 bits per heavy atom. The molecule has 9 rings (SSSR count). The number of phenolic OH excluding ortho intramolecular Hbond substituents is 1. The molecular formula is C38H37F2N7O3. The topological polar surface area (TPSA) is 120 Å². The van der Waals surface area contributed by atoms with E-state index in [-0.39, 0.29) is 68.3 Å². The van der Waals surface area contributed by atoms with Crippen LogP contribution >= 0.6 is 0 Å². The molecule has 5 fully saturated rings. The Morgan fingerprint density at radius 1 is 1.08 bits per heavy atom. The van der Waals surface area contributed by atoms with Crippen LogP contribution in [0.25, 0.3) is 32.9 Å². The summed E-state index contributed by atoms with van der Waals surface area (Å²) in [6, 6.07) is 8.62. The number of anilines is 1. The van der Waals surface area contributed by atoms with Crippen LogP contribution in [0, 0.1) is 52.1 Å². The lowest BCUT2D eigenvalue weighted by molar-refractivity contribution is 0.127. The summed E-state index contributed by atoms with van der Waals surface area (Å²) in [5.41, 5.74) is -0.347. The molecule has 12 heteroatoms. The highest BCUT2D eigenvalue weighted by Gasteiger charge is 2.58. The number of hydrogen-bond donors (Lipinski definition) is 2. The molecule has 4 aromatic rings. The van der Waals surface area contributed by atoms with Crippen molar-refractivity contribution >= 4 is 27.5 Å². The zero-order valence-electron chi connectivity index (χ0n) is 27.8. The number of ether oxygens (including phenoxy) is 2. The van der Waals surface area contributed by atoms with Crippen LogP contribution in [0.15, 0.2) is 24.3 Å². The second kappa shape index (κ2) is 11.4. The van der Waals surface area contributed by atoms with Crippen LogP contribution in [-0.2, 0) is 0 Å². The van der Waals surface area contributed by atoms with Crippen molar-refractivity contribution in [3.05, 3.63) is 41.5 Å². The number of nitrogens with zero attached hydrogens (tertiary/aromatic N) is 6. The molecule has 5 heterocycles. The third-order valence-corrected chi connectivity index (χ3v) is 11.7. The van der Waals surface area contributed by atoms with Crippen molar-refractivity contribution in [1.82, 2.24) is 25.2 Å². The Kier molecular flexibility index (Phi) is 7.10. The van der Waals surface area contributed by atoms with Crippen LogP contribution < -0.4 is 19.7 Å². The molecule has 2 saturated carbocycles. The molecule has 5 aliphatic rings. The average Bonchev–Trinajstić information content (AvgIpc) is 4.03. The van der Waals surface area contributed by atoms with Crippen molar-refractivity contribution in [2.45, 2.75) is 50.6 Å². The van der Waals surface area contributed by atoms with Gasteiger partial charge in [-0.3, -0.25) is 0 Å². The lowest BCUT2D eigenvalue weighted by Crippen LogP contribution is -2.51. The van der Waals surface area contributed by atoms with Gasteiger partial charge in [-0.2, -0.15) is 15.2 Å². The fourth-order valence-corrected chi connectivity index (χ4v) is 8.69. The zero-order chi connectivity index (χ0) is 34.4. The van der Waals surface area contributed by atoms with E-state index in [1.54, 1.807) is 0 Å². The largest absolute Gasteiger partial charge is 0.508 e. The van der Waals surface area contributed by atoms with Crippen molar-refractivity contribution in [2.24, 2.45) is 16.7 Å². The number of piperazine rings is 1. The van der Waals surface area contributed by atoms with E-state index in [1.165, 1.54) is 31.4 Å². The summed E-state index contributed by atoms with van der Waals surface area (Å²) >= 11 is 0. The van der Waals surface area contributed by atoms with E-state index < -0.39 is 11.6 Å². The number of fused-ring (bicyclic) bond motifs is 5. The number of aromatic hydroxyl groups is 1. The number of aromatic nitrogens is 3. The fourth-order valence-electron chi connectivity index (χ4n) is 8.69. The Bertz CT molecular complexity index is 2150. The minimum Gasteiger partial charge on any atom is -0.508 e. The number of benzene rings is 2. The number of pyridine rings is 1. The Hall–Kier alpha value is -4.78. The van der Waals surface area contributed by atoms with Crippen LogP contribution in [0.3, 0.4) is 0 Å². The van der Waals surface area contributed by atoms with Gasteiger partial charge in [-0.25, -0.2) is 13.8 Å². The number of piperidine rings is 1. The molecule has 2 aromatic heterocycles. The molecule has 256 valence electrons. The highest BCUT2D eigenvalue weighted by atomic mass is 19.1. The number of halogens is 2. The van der Waals surface area contributed by atoms with Crippen LogP contribution in [-0.4, -0.2) is 83.5 Å². The predicted octanol–water partition coefficient (Wildman–Crippen LogP) is 5.15. The number of rotatable bonds is 8. The molecule has 50 heavy (non-hydrogen) atoms. The summed E-state index contributed by atoms with van der Waals surface area (Å²) in [6.07, 6.45) is 11.7. The minimum absolute atomic E-state index is 0.0460. The van der Waals surface area contributed by atoms with E-state index in [9.17, 15) is 14.8 Å². The minimum atomic E-state index is -0.786. The first kappa shape index (κ1) is 31.2. The Morgan fingerprint density at radius 3 is 2.58 bits per heavy atom. The second-order valence-electron chi connectivity index (χ2n) is 15.0. The maximum absolute atomic E-state index is 17.1. The average molecular weight is 678 g/mol. The van der Waals surface area contributed by atoms with E-state index in [4.69, 9.17) is 20.9 Å². The molecule has 0 radical (unpaired) electrons. The molecule has 0 spiro atoms. The van der Waals surface area contributed by atoms with Gasteiger partial charge in [-0.15, -0.1) is 6.42 Å². The molecule has 2 aromatic carbocycles. The first-order chi connectivity index (χ1) is 24.2. The lowest BCUT2D eigenvalue weighted by Gasteiger charge is -2.34. The van der Waals surface area contributed by atoms with E-state index in [2.05, 4.69) is 37.1 Å². The van der Waals surface area contributed by atoms with Gasteiger partial charge in [0, 0.05) is 54.6 Å². The Balaban J connectivity index is 1.13. The maximum Gasteiger partial charge on any atom is 0.319 e. The predicted molar refractivity (Wildman–Crippen MR) is 183 cm³/mol. The molecule has 2 bridgehead atoms. The number of phenols is 1. The first-order valence-corrected chi connectivity index (χ1v) is 17.4. The van der Waals surface area contributed by atoms with Crippen LogP contribution in [0.2, 0.25) is 0 Å². The number of likely N-dealkylation sites (tertiary alicyclic amines) is 1. The Labute approximate surface area is 288 Å². The highest BCUT2D eigenvalue weighted by Crippen LogP contribution is 2.58. The van der Waals surface area contributed by atoms with Crippen molar-refractivity contribution in [3.63, 3.8) is 0 Å². The molecule has 3 saturated heterocycles. The number of methoxy groups -OCH3 is 1. The summed E-state index contributed by atoms with van der Waals surface area (Å²) < 4.78 is 44.3. The standard InChI is InChI=1S/C38H37F2N7O3/c1-3-26-28(39)7-4-21-12-25(48)13-27(29(21)26)32-31(40)33-30(35(43-32)49-2)34(47-16-23-5-6-24(17-47)42-23)45-36(44-33)50-20-37(8-9-37)19-46-11-10-38(18-41)14-22(38)15-46/h1,4,7,12-13,22-24,42,48H,5-6,8-11,14-17,19-20H2,2H3. The molecule has 10 nitrogen and oxygen atoms in total. The molecule has 0 amide bonds. The fraction of sp³-hybridized carbons (Fsp3) is 0.474. The molecule has 2 aliphatic carbocycles. The highest BCUT2D eigenvalue weighted by molar-refractivity contribution is 6.04. The van der Waals surface area contributed by atoms with Gasteiger partial charge < -0.3 is 29.7 Å². The van der Waals surface area contributed by atoms with Gasteiger partial charge >= 0.3 is 6.01 Å². The third-order valence-electron chi connectivity index (χ3n) is 11.7. The summed E-state index contributed by atoms with van der Waals surface area (Å²) in [6.45, 7) is 4.44. The van der Waals surface area contributed by atoms with Crippen LogP contribution in [0.1, 0.15) is 44.1 Å². The van der Waals surface area contributed by atoms with Crippen LogP contribution in [0.5, 0.6) is 17.6 Å². The van der Waals surface area contributed by atoms with E-state index >= 15 is 4.39 Å². The van der Waals surface area contributed by atoms with Gasteiger partial charge in [0.2, 0.25) is 5.88 Å². The molecule has 4 atom stereocenters.